The molecule has 1 fully saturated rings. The van der Waals surface area contributed by atoms with Gasteiger partial charge in [0.2, 0.25) is 5.89 Å². The Morgan fingerprint density at radius 2 is 1.83 bits per heavy atom. The number of rotatable bonds is 6. The number of oxazole rings is 1. The third-order valence-corrected chi connectivity index (χ3v) is 6.20. The molecular weight excluding hydrogens is 400 g/mol. The molecule has 0 unspecified atom stereocenters. The molecule has 4 rings (SSSR count). The number of likely N-dealkylation sites (N-methyl/N-ethyl adjacent to an activating group) is 1. The summed E-state index contributed by atoms with van der Waals surface area (Å²) in [5.74, 6) is 1.73. The van der Waals surface area contributed by atoms with Crippen LogP contribution in [0.3, 0.4) is 0 Å². The van der Waals surface area contributed by atoms with Gasteiger partial charge in [-0.1, -0.05) is 36.4 Å². The minimum Gasteiger partial charge on any atom is -0.447 e. The Kier molecular flexibility index (Phi) is 6.19. The zero-order valence-electron chi connectivity index (χ0n) is 17.5. The molecule has 1 aliphatic rings. The minimum absolute atomic E-state index is 0.0654. The Balaban J connectivity index is 1.41. The van der Waals surface area contributed by atoms with Crippen LogP contribution in [0.1, 0.15) is 34.7 Å². The first-order valence-corrected chi connectivity index (χ1v) is 11.1. The van der Waals surface area contributed by atoms with Gasteiger partial charge >= 0.3 is 0 Å². The highest BCUT2D eigenvalue weighted by molar-refractivity contribution is 7.98. The van der Waals surface area contributed by atoms with Gasteiger partial charge in [0.25, 0.3) is 5.91 Å². The molecule has 0 aliphatic carbocycles. The molecule has 2 aromatic heterocycles. The molecule has 0 atom stereocenters. The number of hydrogen-bond acceptors (Lipinski definition) is 7. The van der Waals surface area contributed by atoms with Crippen LogP contribution in [0.5, 0.6) is 0 Å². The number of benzene rings is 1. The second-order valence-corrected chi connectivity index (χ2v) is 8.28. The summed E-state index contributed by atoms with van der Waals surface area (Å²) in [4.78, 5) is 21.3. The Morgan fingerprint density at radius 3 is 2.53 bits per heavy atom. The molecule has 1 amide bonds. The number of amides is 1. The lowest BCUT2D eigenvalue weighted by Crippen LogP contribution is -2.48. The van der Waals surface area contributed by atoms with Crippen molar-refractivity contribution in [3.63, 3.8) is 0 Å². The number of thioether (sulfide) groups is 1. The summed E-state index contributed by atoms with van der Waals surface area (Å²) in [5, 5.41) is 9.26. The van der Waals surface area contributed by atoms with Gasteiger partial charge in [0.1, 0.15) is 12.1 Å². The van der Waals surface area contributed by atoms with Crippen molar-refractivity contribution in [1.82, 2.24) is 29.5 Å². The van der Waals surface area contributed by atoms with Crippen molar-refractivity contribution in [2.45, 2.75) is 31.7 Å². The maximum absolute atomic E-state index is 12.7. The zero-order chi connectivity index (χ0) is 21.1. The molecular formula is C21H26N6O2S. The Labute approximate surface area is 180 Å². The monoisotopic (exact) mass is 426 g/mol. The summed E-state index contributed by atoms with van der Waals surface area (Å²) in [6, 6.07) is 8.23. The van der Waals surface area contributed by atoms with E-state index < -0.39 is 0 Å². The molecule has 158 valence electrons. The van der Waals surface area contributed by atoms with E-state index in [2.05, 4.69) is 58.2 Å². The van der Waals surface area contributed by atoms with E-state index >= 15 is 0 Å². The van der Waals surface area contributed by atoms with Gasteiger partial charge in [-0.25, -0.2) is 4.98 Å². The molecule has 9 heteroatoms. The number of nitrogens with zero attached hydrogens (tertiary/aromatic N) is 6. The number of aromatic nitrogens is 4. The fourth-order valence-electron chi connectivity index (χ4n) is 3.46. The van der Waals surface area contributed by atoms with Crippen LogP contribution in [0.25, 0.3) is 5.69 Å². The second kappa shape index (κ2) is 9.01. The lowest BCUT2D eigenvalue weighted by Gasteiger charge is -2.33. The van der Waals surface area contributed by atoms with Crippen molar-refractivity contribution in [3.8, 4) is 5.69 Å². The van der Waals surface area contributed by atoms with Crippen LogP contribution < -0.4 is 0 Å². The zero-order valence-corrected chi connectivity index (χ0v) is 18.4. The molecule has 8 nitrogen and oxygen atoms in total. The van der Waals surface area contributed by atoms with E-state index in [1.807, 2.05) is 16.4 Å². The average Bonchev–Trinajstić information content (AvgIpc) is 3.39. The first-order valence-electron chi connectivity index (χ1n) is 10.1. The highest BCUT2D eigenvalue weighted by Crippen LogP contribution is 2.25. The van der Waals surface area contributed by atoms with Crippen LogP contribution in [0.15, 0.2) is 40.1 Å². The molecule has 1 aliphatic heterocycles. The third-order valence-electron chi connectivity index (χ3n) is 5.29. The largest absolute Gasteiger partial charge is 0.447 e. The summed E-state index contributed by atoms with van der Waals surface area (Å²) in [6.45, 7) is 10.4. The van der Waals surface area contributed by atoms with Crippen LogP contribution in [0.4, 0.5) is 0 Å². The molecule has 0 spiro atoms. The van der Waals surface area contributed by atoms with Crippen molar-refractivity contribution in [1.29, 1.82) is 0 Å². The predicted molar refractivity (Wildman–Crippen MR) is 115 cm³/mol. The molecule has 0 bridgehead atoms. The number of aryl methyl sites for hydroxylation is 2. The van der Waals surface area contributed by atoms with Crippen LogP contribution in [-0.2, 0) is 5.75 Å². The minimum atomic E-state index is -0.0654. The number of piperazine rings is 1. The fourth-order valence-corrected chi connectivity index (χ4v) is 4.31. The van der Waals surface area contributed by atoms with E-state index in [0.29, 0.717) is 17.3 Å². The maximum Gasteiger partial charge on any atom is 0.275 e. The fraction of sp³-hybridized carbons (Fsp3) is 0.429. The van der Waals surface area contributed by atoms with Crippen LogP contribution in [0, 0.1) is 13.8 Å². The first-order chi connectivity index (χ1) is 14.5. The van der Waals surface area contributed by atoms with Crippen molar-refractivity contribution in [3.05, 3.63) is 53.5 Å². The highest BCUT2D eigenvalue weighted by atomic mass is 32.2. The summed E-state index contributed by atoms with van der Waals surface area (Å²) in [5.41, 5.74) is 2.58. The third kappa shape index (κ3) is 4.41. The van der Waals surface area contributed by atoms with Crippen LogP contribution in [0.2, 0.25) is 0 Å². The van der Waals surface area contributed by atoms with Gasteiger partial charge in [-0.15, -0.1) is 10.2 Å². The molecule has 0 N–H and O–H groups in total. The van der Waals surface area contributed by atoms with E-state index in [-0.39, 0.29) is 5.91 Å². The van der Waals surface area contributed by atoms with E-state index in [1.165, 1.54) is 23.6 Å². The highest BCUT2D eigenvalue weighted by Gasteiger charge is 2.24. The van der Waals surface area contributed by atoms with Gasteiger partial charge in [0.15, 0.2) is 10.9 Å². The lowest BCUT2D eigenvalue weighted by atomic mass is 10.2. The standard InChI is InChI=1S/C21H26N6O2S/c1-4-25-9-11-26(12-10-25)20(28)18-13-29-19(22-18)14-30-21-24-23-16(3)27(21)17-7-5-15(2)6-8-17/h5-8,13H,4,9-12,14H2,1-3H3. The van der Waals surface area contributed by atoms with Gasteiger partial charge in [-0.3, -0.25) is 9.36 Å². The maximum atomic E-state index is 12.7. The molecule has 1 aromatic carbocycles. The second-order valence-electron chi connectivity index (χ2n) is 7.34. The number of carbonyl (C=O) groups excluding carboxylic acids is 1. The summed E-state index contributed by atoms with van der Waals surface area (Å²) < 4.78 is 7.57. The smallest absolute Gasteiger partial charge is 0.275 e. The van der Waals surface area contributed by atoms with Crippen LogP contribution in [-0.4, -0.2) is 68.2 Å². The van der Waals surface area contributed by atoms with Crippen LogP contribution >= 0.6 is 11.8 Å². The molecule has 30 heavy (non-hydrogen) atoms. The van der Waals surface area contributed by atoms with Gasteiger partial charge in [-0.05, 0) is 32.5 Å². The van der Waals surface area contributed by atoms with Crippen molar-refractivity contribution >= 4 is 17.7 Å². The average molecular weight is 427 g/mol. The van der Waals surface area contributed by atoms with E-state index in [0.717, 1.165) is 49.4 Å². The molecule has 3 heterocycles. The van der Waals surface area contributed by atoms with Gasteiger partial charge in [0.05, 0.1) is 5.75 Å². The normalized spacial score (nSPS) is 15.0. The van der Waals surface area contributed by atoms with E-state index in [9.17, 15) is 4.79 Å². The summed E-state index contributed by atoms with van der Waals surface area (Å²) in [7, 11) is 0. The number of carbonyl (C=O) groups is 1. The Hall–Kier alpha value is -2.65. The van der Waals surface area contributed by atoms with Gasteiger partial charge in [0, 0.05) is 31.9 Å². The summed E-state index contributed by atoms with van der Waals surface area (Å²) in [6.07, 6.45) is 1.46. The van der Waals surface area contributed by atoms with Crippen molar-refractivity contribution < 1.29 is 9.21 Å². The Morgan fingerprint density at radius 1 is 1.10 bits per heavy atom. The quantitative estimate of drug-likeness (QED) is 0.561. The molecule has 3 aromatic rings. The predicted octanol–water partition coefficient (Wildman–Crippen LogP) is 2.94. The molecule has 0 radical (unpaired) electrons. The SMILES string of the molecule is CCN1CCN(C(=O)c2coc(CSc3nnc(C)n3-c3ccc(C)cc3)n2)CC1. The van der Waals surface area contributed by atoms with Gasteiger partial charge in [-0.2, -0.15) is 0 Å². The molecule has 1 saturated heterocycles. The summed E-state index contributed by atoms with van der Waals surface area (Å²) >= 11 is 1.49. The number of hydrogen-bond donors (Lipinski definition) is 0. The van der Waals surface area contributed by atoms with Gasteiger partial charge < -0.3 is 14.2 Å². The Bertz CT molecular complexity index is 1000. The first kappa shape index (κ1) is 20.6. The topological polar surface area (TPSA) is 80.3 Å². The van der Waals surface area contributed by atoms with Crippen molar-refractivity contribution in [2.24, 2.45) is 0 Å². The lowest BCUT2D eigenvalue weighted by molar-refractivity contribution is 0.0637. The molecule has 0 saturated carbocycles. The van der Waals surface area contributed by atoms with E-state index in [1.54, 1.807) is 0 Å². The van der Waals surface area contributed by atoms with E-state index in [4.69, 9.17) is 4.42 Å². The van der Waals surface area contributed by atoms with Crippen molar-refractivity contribution in [2.75, 3.05) is 32.7 Å².